The summed E-state index contributed by atoms with van der Waals surface area (Å²) >= 11 is 0. The van der Waals surface area contributed by atoms with Crippen LogP contribution in [-0.2, 0) is 19.4 Å². The first-order valence-electron chi connectivity index (χ1n) is 14.7. The molecule has 1 atom stereocenters. The average molecular weight is 500 g/mol. The molecule has 0 aliphatic heterocycles. The number of hydrogen-bond donors (Lipinski definition) is 0. The van der Waals surface area contributed by atoms with Crippen molar-refractivity contribution in [2.45, 2.75) is 106 Å². The van der Waals surface area contributed by atoms with E-state index < -0.39 is 0 Å². The molecule has 0 bridgehead atoms. The Balaban J connectivity index is 2.15. The molecule has 2 aromatic heterocycles. The van der Waals surface area contributed by atoms with Crippen LogP contribution in [0.15, 0.2) is 30.5 Å². The number of aryl methyl sites for hydroxylation is 2. The van der Waals surface area contributed by atoms with E-state index in [1.165, 1.54) is 58.4 Å². The Morgan fingerprint density at radius 2 is 1.78 bits per heavy atom. The maximum absolute atomic E-state index is 6.34. The lowest BCUT2D eigenvalue weighted by Crippen LogP contribution is -2.21. The van der Waals surface area contributed by atoms with Crippen LogP contribution < -0.4 is 5.46 Å². The van der Waals surface area contributed by atoms with Gasteiger partial charge in [0.2, 0.25) is 0 Å². The van der Waals surface area contributed by atoms with Crippen LogP contribution in [0.25, 0.3) is 22.2 Å². The van der Waals surface area contributed by atoms with Gasteiger partial charge in [0.25, 0.3) is 0 Å². The monoisotopic (exact) mass is 499 g/mol. The summed E-state index contributed by atoms with van der Waals surface area (Å²) in [6.45, 7) is 19.4. The van der Waals surface area contributed by atoms with Gasteiger partial charge in [-0.1, -0.05) is 72.0 Å². The van der Waals surface area contributed by atoms with Crippen LogP contribution >= 0.6 is 0 Å². The van der Waals surface area contributed by atoms with Crippen LogP contribution in [0.1, 0.15) is 103 Å². The summed E-state index contributed by atoms with van der Waals surface area (Å²) in [7, 11) is 8.58. The third kappa shape index (κ3) is 7.08. The molecule has 0 aliphatic rings. The molecule has 1 aromatic carbocycles. The SMILES string of the molecule is [B]c1ccc2c(c1)c(CC(C)(C)CC)c(-c1cc(CCCN(C)CCCC)cnc1C(C)CC)n2CC. The number of hydrogen-bond acceptors (Lipinski definition) is 2. The predicted molar refractivity (Wildman–Crippen MR) is 163 cm³/mol. The van der Waals surface area contributed by atoms with Crippen molar-refractivity contribution in [2.75, 3.05) is 20.1 Å². The average Bonchev–Trinajstić information content (AvgIpc) is 3.18. The highest BCUT2D eigenvalue weighted by atomic mass is 15.1. The second-order valence-corrected chi connectivity index (χ2v) is 11.9. The van der Waals surface area contributed by atoms with Crippen LogP contribution in [-0.4, -0.2) is 42.4 Å². The summed E-state index contributed by atoms with van der Waals surface area (Å²) in [5.74, 6) is 0.407. The third-order valence-corrected chi connectivity index (χ3v) is 8.33. The molecule has 37 heavy (non-hydrogen) atoms. The van der Waals surface area contributed by atoms with E-state index in [0.29, 0.717) is 5.92 Å². The van der Waals surface area contributed by atoms with Crippen molar-refractivity contribution in [2.24, 2.45) is 5.41 Å². The summed E-state index contributed by atoms with van der Waals surface area (Å²) < 4.78 is 2.51. The number of rotatable bonds is 14. The van der Waals surface area contributed by atoms with Crippen molar-refractivity contribution in [3.05, 3.63) is 47.3 Å². The van der Waals surface area contributed by atoms with Gasteiger partial charge in [-0.2, -0.15) is 0 Å². The first kappa shape index (κ1) is 29.5. The number of aromatic nitrogens is 2. The minimum atomic E-state index is 0.205. The quantitative estimate of drug-likeness (QED) is 0.212. The fourth-order valence-electron chi connectivity index (χ4n) is 5.38. The zero-order chi connectivity index (χ0) is 27.2. The number of unbranched alkanes of at least 4 members (excludes halogenated alkanes) is 1. The number of benzene rings is 1. The Morgan fingerprint density at radius 3 is 2.43 bits per heavy atom. The van der Waals surface area contributed by atoms with E-state index in [9.17, 15) is 0 Å². The maximum atomic E-state index is 6.34. The van der Waals surface area contributed by atoms with Crippen LogP contribution in [0.2, 0.25) is 0 Å². The standard InChI is InChI=1S/C33H50BN3/c1-9-13-18-36(8)19-14-15-25-20-28(31(35-23-25)24(5)10-2)32-29(22-33(6,7)11-3)27-21-26(34)16-17-30(27)37(32)12-4/h16-17,20-21,23-24H,9-15,18-19,22H2,1-8H3. The Bertz CT molecular complexity index is 1160. The van der Waals surface area contributed by atoms with E-state index in [2.05, 4.69) is 89.4 Å². The van der Waals surface area contributed by atoms with Crippen LogP contribution in [0.5, 0.6) is 0 Å². The highest BCUT2D eigenvalue weighted by Gasteiger charge is 2.27. The molecule has 4 heteroatoms. The molecule has 3 aromatic rings. The molecule has 3 rings (SSSR count). The lowest BCUT2D eigenvalue weighted by atomic mass is 9.81. The lowest BCUT2D eigenvalue weighted by molar-refractivity contribution is 0.323. The molecular formula is C33H50BN3. The number of nitrogens with zero attached hydrogens (tertiary/aromatic N) is 3. The van der Waals surface area contributed by atoms with Crippen LogP contribution in [0.4, 0.5) is 0 Å². The summed E-state index contributed by atoms with van der Waals surface area (Å²) in [4.78, 5) is 7.61. The Labute approximate surface area is 228 Å². The molecule has 3 nitrogen and oxygen atoms in total. The van der Waals surface area contributed by atoms with Gasteiger partial charge in [-0.15, -0.1) is 0 Å². The molecule has 0 fully saturated rings. The molecule has 0 N–H and O–H groups in total. The van der Waals surface area contributed by atoms with E-state index in [4.69, 9.17) is 12.8 Å². The van der Waals surface area contributed by atoms with Gasteiger partial charge in [0.15, 0.2) is 0 Å². The smallest absolute Gasteiger partial charge is 0.113 e. The molecule has 0 saturated heterocycles. The second-order valence-electron chi connectivity index (χ2n) is 11.9. The first-order valence-corrected chi connectivity index (χ1v) is 14.7. The molecule has 200 valence electrons. The van der Waals surface area contributed by atoms with Crippen molar-refractivity contribution in [3.8, 4) is 11.3 Å². The van der Waals surface area contributed by atoms with Gasteiger partial charge in [0, 0.05) is 29.2 Å². The van der Waals surface area contributed by atoms with Gasteiger partial charge in [0.05, 0.1) is 11.4 Å². The zero-order valence-electron chi connectivity index (χ0n) is 25.0. The molecule has 0 aliphatic carbocycles. The highest BCUT2D eigenvalue weighted by Crippen LogP contribution is 2.41. The van der Waals surface area contributed by atoms with E-state index in [0.717, 1.165) is 50.7 Å². The fraction of sp³-hybridized carbons (Fsp3) is 0.606. The van der Waals surface area contributed by atoms with E-state index in [1.54, 1.807) is 0 Å². The molecule has 0 amide bonds. The molecular weight excluding hydrogens is 449 g/mol. The minimum Gasteiger partial charge on any atom is -0.340 e. The summed E-state index contributed by atoms with van der Waals surface area (Å²) in [5, 5.41) is 1.30. The Hall–Kier alpha value is -2.07. The van der Waals surface area contributed by atoms with Gasteiger partial charge < -0.3 is 9.47 Å². The van der Waals surface area contributed by atoms with Crippen molar-refractivity contribution in [1.29, 1.82) is 0 Å². The molecule has 0 saturated carbocycles. The fourth-order valence-corrected chi connectivity index (χ4v) is 5.38. The summed E-state index contributed by atoms with van der Waals surface area (Å²) in [6, 6.07) is 8.92. The Kier molecular flexibility index (Phi) is 10.5. The number of fused-ring (bicyclic) bond motifs is 1. The van der Waals surface area contributed by atoms with Crippen molar-refractivity contribution in [1.82, 2.24) is 14.5 Å². The van der Waals surface area contributed by atoms with Crippen molar-refractivity contribution < 1.29 is 0 Å². The van der Waals surface area contributed by atoms with Crippen molar-refractivity contribution in [3.63, 3.8) is 0 Å². The third-order valence-electron chi connectivity index (χ3n) is 8.33. The molecule has 1 unspecified atom stereocenters. The second kappa shape index (κ2) is 13.1. The minimum absolute atomic E-state index is 0.205. The van der Waals surface area contributed by atoms with E-state index in [-0.39, 0.29) is 5.41 Å². The number of pyridine rings is 1. The van der Waals surface area contributed by atoms with Gasteiger partial charge in [-0.25, -0.2) is 0 Å². The largest absolute Gasteiger partial charge is 0.340 e. The van der Waals surface area contributed by atoms with Gasteiger partial charge >= 0.3 is 0 Å². The normalized spacial score (nSPS) is 13.1. The topological polar surface area (TPSA) is 21.1 Å². The summed E-state index contributed by atoms with van der Waals surface area (Å²) in [6.07, 6.45) is 10.1. The van der Waals surface area contributed by atoms with Crippen LogP contribution in [0, 0.1) is 5.41 Å². The maximum Gasteiger partial charge on any atom is 0.113 e. The van der Waals surface area contributed by atoms with Crippen LogP contribution in [0.3, 0.4) is 0 Å². The highest BCUT2D eigenvalue weighted by molar-refractivity contribution is 6.33. The van der Waals surface area contributed by atoms with Crippen molar-refractivity contribution >= 4 is 24.2 Å². The lowest BCUT2D eigenvalue weighted by Gasteiger charge is -2.25. The predicted octanol–water partition coefficient (Wildman–Crippen LogP) is 7.67. The zero-order valence-corrected chi connectivity index (χ0v) is 25.0. The molecule has 2 heterocycles. The first-order chi connectivity index (χ1) is 17.6. The van der Waals surface area contributed by atoms with Gasteiger partial charge in [0.1, 0.15) is 7.85 Å². The van der Waals surface area contributed by atoms with E-state index in [1.807, 2.05) is 6.07 Å². The molecule has 2 radical (unpaired) electrons. The molecule has 0 spiro atoms. The van der Waals surface area contributed by atoms with Gasteiger partial charge in [-0.05, 0) is 93.8 Å². The Morgan fingerprint density at radius 1 is 1.05 bits per heavy atom. The van der Waals surface area contributed by atoms with Gasteiger partial charge in [-0.3, -0.25) is 4.98 Å². The van der Waals surface area contributed by atoms with E-state index >= 15 is 0 Å². The summed E-state index contributed by atoms with van der Waals surface area (Å²) in [5.41, 5.74) is 9.01.